The predicted molar refractivity (Wildman–Crippen MR) is 91.3 cm³/mol. The van der Waals surface area contributed by atoms with Crippen LogP contribution in [-0.2, 0) is 13.2 Å². The zero-order chi connectivity index (χ0) is 19.5. The van der Waals surface area contributed by atoms with Crippen molar-refractivity contribution >= 4 is 22.1 Å². The number of imidazole rings is 1. The molecule has 0 aliphatic heterocycles. The quantitative estimate of drug-likeness (QED) is 0.476. The lowest BCUT2D eigenvalue weighted by molar-refractivity contribution is -0.141. The normalized spacial score (nSPS) is 12.2. The van der Waals surface area contributed by atoms with Gasteiger partial charge in [0.2, 0.25) is 0 Å². The highest BCUT2D eigenvalue weighted by atomic mass is 19.4. The van der Waals surface area contributed by atoms with E-state index in [0.717, 1.165) is 10.6 Å². The number of aryl methyl sites for hydroxylation is 1. The average Bonchev–Trinajstić information content (AvgIpc) is 3.00. The summed E-state index contributed by atoms with van der Waals surface area (Å²) in [6.07, 6.45) is -3.29. The standard InChI is InChI=1S/C18H12F4N4O/c1-9-11(19)4-3-5-12(9)26-16-10(6-7-13(24-16)18(20,21)22)15-14(17(26)27)23-8-25(15)2/h3-8H,1-2H3. The summed E-state index contributed by atoms with van der Waals surface area (Å²) in [4.78, 5) is 20.8. The molecule has 0 saturated carbocycles. The lowest BCUT2D eigenvalue weighted by Gasteiger charge is -2.15. The van der Waals surface area contributed by atoms with E-state index in [1.54, 1.807) is 7.05 Å². The number of fused-ring (bicyclic) bond motifs is 3. The summed E-state index contributed by atoms with van der Waals surface area (Å²) < 4.78 is 56.2. The second-order valence-electron chi connectivity index (χ2n) is 6.14. The van der Waals surface area contributed by atoms with Gasteiger partial charge in [0.25, 0.3) is 5.56 Å². The van der Waals surface area contributed by atoms with Gasteiger partial charge in [-0.25, -0.2) is 14.4 Å². The maximum atomic E-state index is 14.0. The van der Waals surface area contributed by atoms with Crippen LogP contribution in [0, 0.1) is 12.7 Å². The van der Waals surface area contributed by atoms with Crippen molar-refractivity contribution in [3.63, 3.8) is 0 Å². The summed E-state index contributed by atoms with van der Waals surface area (Å²) in [5.41, 5.74) is -1.35. The lowest BCUT2D eigenvalue weighted by atomic mass is 10.1. The number of rotatable bonds is 1. The SMILES string of the molecule is Cc1c(F)cccc1-n1c(=O)c2ncn(C)c2c2ccc(C(F)(F)F)nc21. The molecule has 0 fully saturated rings. The summed E-state index contributed by atoms with van der Waals surface area (Å²) in [5, 5.41) is 0.307. The minimum absolute atomic E-state index is 0.0650. The third-order valence-corrected chi connectivity index (χ3v) is 4.46. The molecule has 3 aromatic heterocycles. The van der Waals surface area contributed by atoms with E-state index in [4.69, 9.17) is 0 Å². The Morgan fingerprint density at radius 3 is 2.56 bits per heavy atom. The highest BCUT2D eigenvalue weighted by Crippen LogP contribution is 2.31. The van der Waals surface area contributed by atoms with Crippen LogP contribution in [0.15, 0.2) is 41.5 Å². The summed E-state index contributed by atoms with van der Waals surface area (Å²) in [5.74, 6) is -0.583. The summed E-state index contributed by atoms with van der Waals surface area (Å²) in [6.45, 7) is 1.44. The van der Waals surface area contributed by atoms with E-state index < -0.39 is 23.2 Å². The van der Waals surface area contributed by atoms with Gasteiger partial charge in [-0.05, 0) is 31.2 Å². The Bertz CT molecular complexity index is 1270. The fraction of sp³-hybridized carbons (Fsp3) is 0.167. The first kappa shape index (κ1) is 17.2. The van der Waals surface area contributed by atoms with Crippen LogP contribution in [-0.4, -0.2) is 19.1 Å². The molecule has 0 amide bonds. The maximum absolute atomic E-state index is 14.0. The Morgan fingerprint density at radius 1 is 1.11 bits per heavy atom. The van der Waals surface area contributed by atoms with Crippen LogP contribution in [0.3, 0.4) is 0 Å². The molecule has 0 radical (unpaired) electrons. The molecule has 0 unspecified atom stereocenters. The van der Waals surface area contributed by atoms with Gasteiger partial charge >= 0.3 is 6.18 Å². The molecule has 4 rings (SSSR count). The molecule has 9 heteroatoms. The minimum atomic E-state index is -4.69. The highest BCUT2D eigenvalue weighted by Gasteiger charge is 2.33. The smallest absolute Gasteiger partial charge is 0.333 e. The Labute approximate surface area is 149 Å². The summed E-state index contributed by atoms with van der Waals surface area (Å²) in [6, 6.07) is 6.14. The lowest BCUT2D eigenvalue weighted by Crippen LogP contribution is -2.22. The van der Waals surface area contributed by atoms with Crippen molar-refractivity contribution in [3.8, 4) is 5.69 Å². The monoisotopic (exact) mass is 376 g/mol. The molecule has 3 heterocycles. The maximum Gasteiger partial charge on any atom is 0.433 e. The topological polar surface area (TPSA) is 52.7 Å². The summed E-state index contributed by atoms with van der Waals surface area (Å²) in [7, 11) is 1.63. The Balaban J connectivity index is 2.26. The van der Waals surface area contributed by atoms with Gasteiger partial charge < -0.3 is 4.57 Å². The van der Waals surface area contributed by atoms with Crippen LogP contribution in [0.1, 0.15) is 11.3 Å². The van der Waals surface area contributed by atoms with E-state index in [-0.39, 0.29) is 22.4 Å². The molecule has 0 saturated heterocycles. The molecule has 0 spiro atoms. The van der Waals surface area contributed by atoms with Crippen LogP contribution in [0.5, 0.6) is 0 Å². The van der Waals surface area contributed by atoms with Crippen molar-refractivity contribution in [1.82, 2.24) is 19.1 Å². The molecule has 5 nitrogen and oxygen atoms in total. The van der Waals surface area contributed by atoms with Gasteiger partial charge in [0.1, 0.15) is 17.2 Å². The van der Waals surface area contributed by atoms with Gasteiger partial charge in [-0.15, -0.1) is 0 Å². The van der Waals surface area contributed by atoms with Crippen molar-refractivity contribution in [2.75, 3.05) is 0 Å². The molecule has 138 valence electrons. The Kier molecular flexibility index (Phi) is 3.59. The fourth-order valence-corrected chi connectivity index (χ4v) is 3.13. The van der Waals surface area contributed by atoms with Gasteiger partial charge in [-0.3, -0.25) is 9.36 Å². The van der Waals surface area contributed by atoms with E-state index in [2.05, 4.69) is 9.97 Å². The van der Waals surface area contributed by atoms with Crippen LogP contribution in [0.4, 0.5) is 17.6 Å². The van der Waals surface area contributed by atoms with Crippen molar-refractivity contribution < 1.29 is 17.6 Å². The first-order valence-electron chi connectivity index (χ1n) is 7.89. The number of alkyl halides is 3. The predicted octanol–water partition coefficient (Wildman–Crippen LogP) is 3.74. The molecule has 4 aromatic rings. The third-order valence-electron chi connectivity index (χ3n) is 4.46. The molecular weight excluding hydrogens is 364 g/mol. The van der Waals surface area contributed by atoms with E-state index in [0.29, 0.717) is 10.9 Å². The molecule has 0 bridgehead atoms. The number of nitrogens with zero attached hydrogens (tertiary/aromatic N) is 4. The highest BCUT2D eigenvalue weighted by molar-refractivity contribution is 6.01. The van der Waals surface area contributed by atoms with Crippen molar-refractivity contribution in [2.24, 2.45) is 7.05 Å². The molecule has 0 N–H and O–H groups in total. The molecule has 1 aromatic carbocycles. The van der Waals surface area contributed by atoms with E-state index in [1.807, 2.05) is 0 Å². The number of halogens is 4. The van der Waals surface area contributed by atoms with Gasteiger partial charge in [-0.1, -0.05) is 6.07 Å². The zero-order valence-corrected chi connectivity index (χ0v) is 14.2. The number of hydrogen-bond acceptors (Lipinski definition) is 3. The number of benzene rings is 1. The first-order chi connectivity index (χ1) is 12.7. The molecule has 0 aliphatic rings. The molecular formula is C18H12F4N4O. The van der Waals surface area contributed by atoms with Crippen LogP contribution in [0.25, 0.3) is 27.8 Å². The molecule has 0 atom stereocenters. The van der Waals surface area contributed by atoms with Gasteiger partial charge in [-0.2, -0.15) is 13.2 Å². The third kappa shape index (κ3) is 2.49. The minimum Gasteiger partial charge on any atom is -0.333 e. The van der Waals surface area contributed by atoms with Crippen LogP contribution < -0.4 is 5.56 Å². The molecule has 0 aliphatic carbocycles. The van der Waals surface area contributed by atoms with Crippen molar-refractivity contribution in [3.05, 3.63) is 64.1 Å². The van der Waals surface area contributed by atoms with Gasteiger partial charge in [0.05, 0.1) is 17.5 Å². The van der Waals surface area contributed by atoms with Crippen molar-refractivity contribution in [1.29, 1.82) is 0 Å². The van der Waals surface area contributed by atoms with Crippen LogP contribution >= 0.6 is 0 Å². The fourth-order valence-electron chi connectivity index (χ4n) is 3.13. The van der Waals surface area contributed by atoms with Gasteiger partial charge in [0.15, 0.2) is 5.52 Å². The van der Waals surface area contributed by atoms with Crippen molar-refractivity contribution in [2.45, 2.75) is 13.1 Å². The Hall–Kier alpha value is -3.23. The summed E-state index contributed by atoms with van der Waals surface area (Å²) >= 11 is 0. The number of pyridine rings is 2. The average molecular weight is 376 g/mol. The van der Waals surface area contributed by atoms with E-state index >= 15 is 0 Å². The van der Waals surface area contributed by atoms with Crippen LogP contribution in [0.2, 0.25) is 0 Å². The van der Waals surface area contributed by atoms with E-state index in [9.17, 15) is 22.4 Å². The van der Waals surface area contributed by atoms with E-state index in [1.165, 1.54) is 42.1 Å². The Morgan fingerprint density at radius 2 is 1.85 bits per heavy atom. The zero-order valence-electron chi connectivity index (χ0n) is 14.2. The number of hydrogen-bond donors (Lipinski definition) is 0. The molecule has 27 heavy (non-hydrogen) atoms. The largest absolute Gasteiger partial charge is 0.433 e. The van der Waals surface area contributed by atoms with Gasteiger partial charge in [0, 0.05) is 18.0 Å². The number of aromatic nitrogens is 4. The second kappa shape index (κ2) is 5.63. The first-order valence-corrected chi connectivity index (χ1v) is 7.89. The second-order valence-corrected chi connectivity index (χ2v) is 6.14.